The largest absolute Gasteiger partial charge is 0.493 e. The van der Waals surface area contributed by atoms with E-state index in [0.717, 1.165) is 36.3 Å². The van der Waals surface area contributed by atoms with Crippen LogP contribution in [0, 0.1) is 0 Å². The van der Waals surface area contributed by atoms with Gasteiger partial charge in [-0.05, 0) is 48.2 Å². The summed E-state index contributed by atoms with van der Waals surface area (Å²) in [6.45, 7) is 1.25. The maximum Gasteiger partial charge on any atom is 0.251 e. The number of nitrogens with one attached hydrogen (secondary N) is 1. The Morgan fingerprint density at radius 1 is 1.35 bits per heavy atom. The van der Waals surface area contributed by atoms with Crippen molar-refractivity contribution in [3.63, 3.8) is 0 Å². The Bertz CT molecular complexity index is 611. The van der Waals surface area contributed by atoms with Crippen molar-refractivity contribution >= 4 is 5.91 Å². The topological polar surface area (TPSA) is 51.2 Å². The Morgan fingerprint density at radius 2 is 2.30 bits per heavy atom. The van der Waals surface area contributed by atoms with Gasteiger partial charge in [-0.2, -0.15) is 0 Å². The predicted octanol–water partition coefficient (Wildman–Crippen LogP) is 2.34. The van der Waals surface area contributed by atoms with Crippen LogP contribution in [-0.2, 0) is 13.0 Å². The first-order valence-corrected chi connectivity index (χ1v) is 6.76. The first-order valence-electron chi connectivity index (χ1n) is 6.76. The molecule has 0 fully saturated rings. The van der Waals surface area contributed by atoms with Crippen molar-refractivity contribution in [3.8, 4) is 5.75 Å². The lowest BCUT2D eigenvalue weighted by atomic mass is 10.0. The lowest BCUT2D eigenvalue weighted by Gasteiger charge is -2.17. The molecule has 0 atom stereocenters. The molecule has 1 aromatic heterocycles. The zero-order valence-electron chi connectivity index (χ0n) is 11.1. The first-order chi connectivity index (χ1) is 9.83. The normalized spacial score (nSPS) is 13.2. The number of fused-ring (bicyclic) bond motifs is 1. The van der Waals surface area contributed by atoms with Crippen LogP contribution < -0.4 is 10.1 Å². The highest BCUT2D eigenvalue weighted by atomic mass is 16.5. The van der Waals surface area contributed by atoms with Gasteiger partial charge in [0.15, 0.2) is 0 Å². The molecule has 1 aliphatic rings. The fourth-order valence-electron chi connectivity index (χ4n) is 2.29. The minimum Gasteiger partial charge on any atom is -0.493 e. The second-order valence-corrected chi connectivity index (χ2v) is 4.82. The van der Waals surface area contributed by atoms with E-state index in [1.165, 1.54) is 0 Å². The van der Waals surface area contributed by atoms with E-state index in [0.29, 0.717) is 12.1 Å². The SMILES string of the molecule is O=C(NCc1cccnc1)c1ccc2c(c1)CCCO2. The number of carbonyl (C=O) groups excluding carboxylic acids is 1. The number of aryl methyl sites for hydroxylation is 1. The van der Waals surface area contributed by atoms with Crippen LogP contribution in [0.3, 0.4) is 0 Å². The highest BCUT2D eigenvalue weighted by molar-refractivity contribution is 5.94. The Kier molecular flexibility index (Phi) is 3.63. The smallest absolute Gasteiger partial charge is 0.251 e. The van der Waals surface area contributed by atoms with Crippen molar-refractivity contribution < 1.29 is 9.53 Å². The third kappa shape index (κ3) is 2.79. The van der Waals surface area contributed by atoms with Gasteiger partial charge < -0.3 is 10.1 Å². The van der Waals surface area contributed by atoms with Gasteiger partial charge in [0.05, 0.1) is 6.61 Å². The molecule has 0 radical (unpaired) electrons. The van der Waals surface area contributed by atoms with Crippen LogP contribution >= 0.6 is 0 Å². The molecule has 3 rings (SSSR count). The van der Waals surface area contributed by atoms with Crippen LogP contribution in [0.15, 0.2) is 42.7 Å². The number of ether oxygens (including phenoxy) is 1. The molecule has 0 bridgehead atoms. The van der Waals surface area contributed by atoms with E-state index >= 15 is 0 Å². The van der Waals surface area contributed by atoms with Gasteiger partial charge in [0.1, 0.15) is 5.75 Å². The van der Waals surface area contributed by atoms with Gasteiger partial charge in [0, 0.05) is 24.5 Å². The molecule has 4 nitrogen and oxygen atoms in total. The molecule has 1 aliphatic heterocycles. The molecule has 0 saturated carbocycles. The van der Waals surface area contributed by atoms with E-state index in [4.69, 9.17) is 4.74 Å². The average Bonchev–Trinajstić information content (AvgIpc) is 2.53. The van der Waals surface area contributed by atoms with Gasteiger partial charge in [-0.3, -0.25) is 9.78 Å². The summed E-state index contributed by atoms with van der Waals surface area (Å²) in [6, 6.07) is 9.41. The third-order valence-electron chi connectivity index (χ3n) is 3.35. The van der Waals surface area contributed by atoms with Crippen molar-refractivity contribution in [1.29, 1.82) is 0 Å². The van der Waals surface area contributed by atoms with Gasteiger partial charge in [-0.1, -0.05) is 6.07 Å². The van der Waals surface area contributed by atoms with E-state index in [2.05, 4.69) is 10.3 Å². The quantitative estimate of drug-likeness (QED) is 0.929. The molecular weight excluding hydrogens is 252 g/mol. The van der Waals surface area contributed by atoms with E-state index in [1.807, 2.05) is 30.3 Å². The molecule has 1 aromatic carbocycles. The summed E-state index contributed by atoms with van der Waals surface area (Å²) in [6.07, 6.45) is 5.45. The summed E-state index contributed by atoms with van der Waals surface area (Å²) in [7, 11) is 0. The van der Waals surface area contributed by atoms with E-state index < -0.39 is 0 Å². The number of hydrogen-bond acceptors (Lipinski definition) is 3. The maximum absolute atomic E-state index is 12.1. The minimum absolute atomic E-state index is 0.0674. The fourth-order valence-corrected chi connectivity index (χ4v) is 2.29. The number of aromatic nitrogens is 1. The zero-order chi connectivity index (χ0) is 13.8. The van der Waals surface area contributed by atoms with Crippen molar-refractivity contribution in [2.75, 3.05) is 6.61 Å². The fraction of sp³-hybridized carbons (Fsp3) is 0.250. The number of amides is 1. The van der Waals surface area contributed by atoms with E-state index in [9.17, 15) is 4.79 Å². The van der Waals surface area contributed by atoms with Crippen LogP contribution in [0.25, 0.3) is 0 Å². The maximum atomic E-state index is 12.1. The third-order valence-corrected chi connectivity index (χ3v) is 3.35. The van der Waals surface area contributed by atoms with Crippen molar-refractivity contribution in [2.24, 2.45) is 0 Å². The Labute approximate surface area is 117 Å². The number of hydrogen-bond donors (Lipinski definition) is 1. The van der Waals surface area contributed by atoms with Crippen LogP contribution in [0.4, 0.5) is 0 Å². The lowest BCUT2D eigenvalue weighted by molar-refractivity contribution is 0.0950. The molecule has 0 unspecified atom stereocenters. The van der Waals surface area contributed by atoms with Crippen molar-refractivity contribution in [2.45, 2.75) is 19.4 Å². The number of rotatable bonds is 3. The number of carbonyl (C=O) groups is 1. The highest BCUT2D eigenvalue weighted by Gasteiger charge is 2.13. The molecule has 2 aromatic rings. The molecule has 0 saturated heterocycles. The summed E-state index contributed by atoms with van der Waals surface area (Å²) in [4.78, 5) is 16.2. The number of pyridine rings is 1. The zero-order valence-corrected chi connectivity index (χ0v) is 11.1. The predicted molar refractivity (Wildman–Crippen MR) is 75.7 cm³/mol. The summed E-state index contributed by atoms with van der Waals surface area (Å²) in [5, 5.41) is 2.90. The van der Waals surface area contributed by atoms with Gasteiger partial charge in [0.25, 0.3) is 5.91 Å². The Hall–Kier alpha value is -2.36. The van der Waals surface area contributed by atoms with E-state index in [-0.39, 0.29) is 5.91 Å². The molecule has 1 amide bonds. The van der Waals surface area contributed by atoms with Crippen LogP contribution in [0.2, 0.25) is 0 Å². The Balaban J connectivity index is 1.68. The second kappa shape index (κ2) is 5.74. The van der Waals surface area contributed by atoms with Crippen LogP contribution in [0.1, 0.15) is 27.9 Å². The van der Waals surface area contributed by atoms with Gasteiger partial charge in [0.2, 0.25) is 0 Å². The molecule has 102 valence electrons. The molecule has 20 heavy (non-hydrogen) atoms. The minimum atomic E-state index is -0.0674. The molecular formula is C16H16N2O2. The van der Waals surface area contributed by atoms with Crippen LogP contribution in [-0.4, -0.2) is 17.5 Å². The van der Waals surface area contributed by atoms with Crippen LogP contribution in [0.5, 0.6) is 5.75 Å². The number of nitrogens with zero attached hydrogens (tertiary/aromatic N) is 1. The Morgan fingerprint density at radius 3 is 3.15 bits per heavy atom. The monoisotopic (exact) mass is 268 g/mol. The van der Waals surface area contributed by atoms with Crippen molar-refractivity contribution in [3.05, 3.63) is 59.4 Å². The van der Waals surface area contributed by atoms with Gasteiger partial charge in [-0.25, -0.2) is 0 Å². The first kappa shape index (κ1) is 12.7. The molecule has 0 spiro atoms. The second-order valence-electron chi connectivity index (χ2n) is 4.82. The summed E-state index contributed by atoms with van der Waals surface area (Å²) < 4.78 is 5.55. The van der Waals surface area contributed by atoms with E-state index in [1.54, 1.807) is 12.4 Å². The van der Waals surface area contributed by atoms with Gasteiger partial charge >= 0.3 is 0 Å². The summed E-state index contributed by atoms with van der Waals surface area (Å²) in [5.41, 5.74) is 2.78. The molecule has 0 aliphatic carbocycles. The highest BCUT2D eigenvalue weighted by Crippen LogP contribution is 2.25. The summed E-state index contributed by atoms with van der Waals surface area (Å²) >= 11 is 0. The lowest BCUT2D eigenvalue weighted by Crippen LogP contribution is -2.23. The molecule has 1 N–H and O–H groups in total. The molecule has 2 heterocycles. The average molecular weight is 268 g/mol. The molecule has 4 heteroatoms. The number of benzene rings is 1. The summed E-state index contributed by atoms with van der Waals surface area (Å²) in [5.74, 6) is 0.835. The van der Waals surface area contributed by atoms with Crippen molar-refractivity contribution in [1.82, 2.24) is 10.3 Å². The van der Waals surface area contributed by atoms with Gasteiger partial charge in [-0.15, -0.1) is 0 Å². The standard InChI is InChI=1S/C16H16N2O2/c19-16(18-11-12-3-1-7-17-10-12)14-5-6-15-13(9-14)4-2-8-20-15/h1,3,5-7,9-10H,2,4,8,11H2,(H,18,19).